The molecular weight excluding hydrogens is 370 g/mol. The number of carbonyl (C=O) groups is 2. The lowest BCUT2D eigenvalue weighted by Crippen LogP contribution is -2.29. The summed E-state index contributed by atoms with van der Waals surface area (Å²) in [6.07, 6.45) is 0. The molecule has 2 aromatic rings. The van der Waals surface area contributed by atoms with Crippen LogP contribution in [0.5, 0.6) is 0 Å². The van der Waals surface area contributed by atoms with Crippen molar-refractivity contribution in [3.8, 4) is 0 Å². The van der Waals surface area contributed by atoms with E-state index >= 15 is 0 Å². The highest BCUT2D eigenvalue weighted by molar-refractivity contribution is 7.18. The number of thiophene rings is 1. The minimum absolute atomic E-state index is 0.133. The predicted molar refractivity (Wildman–Crippen MR) is 104 cm³/mol. The number of aryl methyl sites for hydroxylation is 1. The van der Waals surface area contributed by atoms with Crippen molar-refractivity contribution < 1.29 is 18.4 Å². The number of carbonyl (C=O) groups excluding carboxylic acids is 2. The molecule has 1 heterocycles. The Morgan fingerprint density at radius 2 is 1.78 bits per heavy atom. The Morgan fingerprint density at radius 3 is 2.33 bits per heavy atom. The second-order valence-corrected chi connectivity index (χ2v) is 8.64. The molecule has 2 amide bonds. The van der Waals surface area contributed by atoms with Crippen molar-refractivity contribution in [2.45, 2.75) is 40.7 Å². The van der Waals surface area contributed by atoms with Gasteiger partial charge in [-0.15, -0.1) is 11.3 Å². The van der Waals surface area contributed by atoms with Gasteiger partial charge in [-0.3, -0.25) is 9.59 Å². The van der Waals surface area contributed by atoms with E-state index in [1.165, 1.54) is 22.3 Å². The highest BCUT2D eigenvalue weighted by atomic mass is 32.1. The second kappa shape index (κ2) is 7.76. The minimum atomic E-state index is -0.945. The van der Waals surface area contributed by atoms with E-state index in [4.69, 9.17) is 0 Å². The summed E-state index contributed by atoms with van der Waals surface area (Å²) in [7, 11) is 1.61. The van der Waals surface area contributed by atoms with E-state index in [0.29, 0.717) is 15.4 Å². The second-order valence-electron chi connectivity index (χ2n) is 7.59. The molecule has 4 nitrogen and oxygen atoms in total. The number of halogens is 2. The Labute approximate surface area is 162 Å². The number of benzene rings is 1. The Bertz CT molecular complexity index is 871. The zero-order valence-electron chi connectivity index (χ0n) is 16.3. The maximum absolute atomic E-state index is 13.5. The summed E-state index contributed by atoms with van der Waals surface area (Å²) in [5, 5.41) is 3.43. The molecule has 146 valence electrons. The smallest absolute Gasteiger partial charge is 0.264 e. The fourth-order valence-electron chi connectivity index (χ4n) is 2.39. The molecule has 1 aromatic heterocycles. The van der Waals surface area contributed by atoms with Gasteiger partial charge in [-0.25, -0.2) is 8.78 Å². The first-order valence-electron chi connectivity index (χ1n) is 8.55. The molecule has 0 spiro atoms. The lowest BCUT2D eigenvalue weighted by Gasteiger charge is -2.25. The van der Waals surface area contributed by atoms with Crippen LogP contribution in [-0.2, 0) is 4.79 Å². The Hall–Kier alpha value is -2.28. The summed E-state index contributed by atoms with van der Waals surface area (Å²) in [5.41, 5.74) is 0.707. The molecule has 0 aliphatic carbocycles. The van der Waals surface area contributed by atoms with Crippen molar-refractivity contribution in [1.29, 1.82) is 0 Å². The quantitative estimate of drug-likeness (QED) is 0.779. The van der Waals surface area contributed by atoms with Crippen LogP contribution in [0, 0.1) is 24.0 Å². The first kappa shape index (κ1) is 21.0. The number of amides is 2. The van der Waals surface area contributed by atoms with E-state index < -0.39 is 23.1 Å². The van der Waals surface area contributed by atoms with Crippen LogP contribution in [0.25, 0.3) is 0 Å². The predicted octanol–water partition coefficient (Wildman–Crippen LogP) is 5.15. The van der Waals surface area contributed by atoms with Gasteiger partial charge < -0.3 is 10.2 Å². The summed E-state index contributed by atoms with van der Waals surface area (Å²) in [6.45, 7) is 8.98. The molecule has 2 rings (SSSR count). The van der Waals surface area contributed by atoms with Crippen molar-refractivity contribution >= 4 is 28.2 Å². The molecule has 1 N–H and O–H groups in total. The number of nitrogens with one attached hydrogen (secondary N) is 1. The summed E-state index contributed by atoms with van der Waals surface area (Å²) in [6, 6.07) is 4.93. The third-order valence-electron chi connectivity index (χ3n) is 4.36. The Morgan fingerprint density at radius 1 is 1.15 bits per heavy atom. The molecule has 0 aliphatic rings. The van der Waals surface area contributed by atoms with Gasteiger partial charge in [-0.2, -0.15) is 0 Å². The van der Waals surface area contributed by atoms with Crippen LogP contribution in [-0.4, -0.2) is 23.8 Å². The maximum Gasteiger partial charge on any atom is 0.264 e. The molecule has 27 heavy (non-hydrogen) atoms. The first-order chi connectivity index (χ1) is 12.4. The minimum Gasteiger partial charge on any atom is -0.334 e. The Kier molecular flexibility index (Phi) is 6.04. The van der Waals surface area contributed by atoms with Crippen molar-refractivity contribution in [2.75, 3.05) is 12.4 Å². The zero-order valence-corrected chi connectivity index (χ0v) is 17.1. The van der Waals surface area contributed by atoms with Crippen molar-refractivity contribution in [3.05, 3.63) is 51.9 Å². The molecule has 0 fully saturated rings. The van der Waals surface area contributed by atoms with Gasteiger partial charge in [0.05, 0.1) is 15.9 Å². The van der Waals surface area contributed by atoms with Crippen LogP contribution in [0.15, 0.2) is 24.3 Å². The molecule has 1 atom stereocenters. The van der Waals surface area contributed by atoms with Gasteiger partial charge in [0.1, 0.15) is 0 Å². The zero-order chi connectivity index (χ0) is 20.5. The largest absolute Gasteiger partial charge is 0.334 e. The van der Waals surface area contributed by atoms with E-state index in [0.717, 1.165) is 17.7 Å². The van der Waals surface area contributed by atoms with Crippen LogP contribution >= 0.6 is 11.3 Å². The van der Waals surface area contributed by atoms with Gasteiger partial charge in [0, 0.05) is 12.5 Å². The molecule has 7 heteroatoms. The molecule has 0 saturated heterocycles. The summed E-state index contributed by atoms with van der Waals surface area (Å²) < 4.78 is 26.6. The SMILES string of the molecule is Cc1cc(NC(=O)C(C)(C)C)sc1C(=O)N(C)C(C)c1ccc(F)c(F)c1. The first-order valence-corrected chi connectivity index (χ1v) is 9.37. The number of rotatable bonds is 4. The fraction of sp³-hybridized carbons (Fsp3) is 0.400. The number of anilines is 1. The van der Waals surface area contributed by atoms with Gasteiger partial charge in [0.2, 0.25) is 5.91 Å². The van der Waals surface area contributed by atoms with Gasteiger partial charge >= 0.3 is 0 Å². The number of hydrogen-bond acceptors (Lipinski definition) is 3. The maximum atomic E-state index is 13.5. The van der Waals surface area contributed by atoms with Crippen LogP contribution in [0.1, 0.15) is 54.5 Å². The summed E-state index contributed by atoms with van der Waals surface area (Å²) in [4.78, 5) is 27.0. The van der Waals surface area contributed by atoms with Gasteiger partial charge in [-0.05, 0) is 43.2 Å². The van der Waals surface area contributed by atoms with Crippen molar-refractivity contribution in [1.82, 2.24) is 4.90 Å². The number of nitrogens with zero attached hydrogens (tertiary/aromatic N) is 1. The van der Waals surface area contributed by atoms with Crippen LogP contribution in [0.2, 0.25) is 0 Å². The molecular formula is C20H24F2N2O2S. The third-order valence-corrected chi connectivity index (χ3v) is 5.50. The van der Waals surface area contributed by atoms with E-state index in [1.54, 1.807) is 27.0 Å². The standard InChI is InChI=1S/C20H24F2N2O2S/c1-11-9-16(23-19(26)20(3,4)5)27-17(11)18(25)24(6)12(2)13-7-8-14(21)15(22)10-13/h7-10,12H,1-6H3,(H,23,26). The normalized spacial score (nSPS) is 12.6. The molecule has 1 unspecified atom stereocenters. The van der Waals surface area contributed by atoms with Crippen molar-refractivity contribution in [2.24, 2.45) is 5.41 Å². The third kappa shape index (κ3) is 4.71. The summed E-state index contributed by atoms with van der Waals surface area (Å²) >= 11 is 1.20. The average Bonchev–Trinajstić information content (AvgIpc) is 2.94. The van der Waals surface area contributed by atoms with Crippen molar-refractivity contribution in [3.63, 3.8) is 0 Å². The van der Waals surface area contributed by atoms with Gasteiger partial charge in [0.25, 0.3) is 5.91 Å². The number of hydrogen-bond donors (Lipinski definition) is 1. The lowest BCUT2D eigenvalue weighted by atomic mass is 9.96. The van der Waals surface area contributed by atoms with E-state index in [1.807, 2.05) is 20.8 Å². The topological polar surface area (TPSA) is 49.4 Å². The fourth-order valence-corrected chi connectivity index (χ4v) is 3.44. The summed E-state index contributed by atoms with van der Waals surface area (Å²) in [5.74, 6) is -2.25. The van der Waals surface area contributed by atoms with Crippen LogP contribution in [0.4, 0.5) is 13.8 Å². The van der Waals surface area contributed by atoms with E-state index in [9.17, 15) is 18.4 Å². The van der Waals surface area contributed by atoms with Crippen LogP contribution in [0.3, 0.4) is 0 Å². The lowest BCUT2D eigenvalue weighted by molar-refractivity contribution is -0.123. The highest BCUT2D eigenvalue weighted by Crippen LogP contribution is 2.31. The molecule has 0 aliphatic heterocycles. The van der Waals surface area contributed by atoms with Gasteiger partial charge in [-0.1, -0.05) is 26.8 Å². The molecule has 0 radical (unpaired) electrons. The van der Waals surface area contributed by atoms with E-state index in [2.05, 4.69) is 5.32 Å². The average molecular weight is 394 g/mol. The van der Waals surface area contributed by atoms with Gasteiger partial charge in [0.15, 0.2) is 11.6 Å². The molecule has 0 saturated carbocycles. The highest BCUT2D eigenvalue weighted by Gasteiger charge is 2.25. The monoisotopic (exact) mass is 394 g/mol. The van der Waals surface area contributed by atoms with Crippen LogP contribution < -0.4 is 5.32 Å². The van der Waals surface area contributed by atoms with E-state index in [-0.39, 0.29) is 11.8 Å². The Balaban J connectivity index is 2.21. The molecule has 0 bridgehead atoms. The molecule has 1 aromatic carbocycles.